The number of rotatable bonds is 3. The van der Waals surface area contributed by atoms with E-state index in [1.54, 1.807) is 31.2 Å². The largest absolute Gasteiger partial charge is 0.457 e. The summed E-state index contributed by atoms with van der Waals surface area (Å²) in [4.78, 5) is 22.6. The highest BCUT2D eigenvalue weighted by Gasteiger charge is 2.17. The van der Waals surface area contributed by atoms with Crippen molar-refractivity contribution in [2.75, 3.05) is 0 Å². The van der Waals surface area contributed by atoms with Gasteiger partial charge in [-0.2, -0.15) is 0 Å². The molecule has 3 heteroatoms. The highest BCUT2D eigenvalue weighted by Crippen LogP contribution is 2.15. The minimum atomic E-state index is -0.517. The smallest absolute Gasteiger partial charge is 0.334 e. The van der Waals surface area contributed by atoms with Gasteiger partial charge in [-0.25, -0.2) is 4.79 Å². The van der Waals surface area contributed by atoms with Crippen molar-refractivity contribution in [1.82, 2.24) is 0 Å². The summed E-state index contributed by atoms with van der Waals surface area (Å²) in [6.45, 7) is 7.13. The zero-order valence-electron chi connectivity index (χ0n) is 11.2. The van der Waals surface area contributed by atoms with E-state index in [2.05, 4.69) is 0 Å². The number of ether oxygens (including phenoxy) is 1. The molecule has 1 aromatic carbocycles. The predicted octanol–water partition coefficient (Wildman–Crippen LogP) is 3.24. The Morgan fingerprint density at radius 2 is 1.72 bits per heavy atom. The van der Waals surface area contributed by atoms with Crippen LogP contribution in [0.3, 0.4) is 0 Å². The van der Waals surface area contributed by atoms with Gasteiger partial charge in [-0.05, 0) is 39.3 Å². The number of carbonyl (C=O) groups excluding carboxylic acids is 2. The van der Waals surface area contributed by atoms with E-state index >= 15 is 0 Å². The molecule has 0 bridgehead atoms. The summed E-state index contributed by atoms with van der Waals surface area (Å²) >= 11 is 0. The van der Waals surface area contributed by atoms with E-state index < -0.39 is 5.60 Å². The van der Waals surface area contributed by atoms with Crippen LogP contribution < -0.4 is 0 Å². The van der Waals surface area contributed by atoms with Crippen molar-refractivity contribution < 1.29 is 14.3 Å². The monoisotopic (exact) mass is 246 g/mol. The summed E-state index contributed by atoms with van der Waals surface area (Å²) in [5, 5.41) is 0. The molecule has 0 aliphatic heterocycles. The molecule has 0 N–H and O–H groups in total. The third-order valence-corrected chi connectivity index (χ3v) is 2.22. The second kappa shape index (κ2) is 5.63. The average molecular weight is 246 g/mol. The van der Waals surface area contributed by atoms with Crippen molar-refractivity contribution in [2.24, 2.45) is 0 Å². The van der Waals surface area contributed by atoms with E-state index in [1.807, 2.05) is 26.8 Å². The van der Waals surface area contributed by atoms with Crippen molar-refractivity contribution in [3.8, 4) is 0 Å². The summed E-state index contributed by atoms with van der Waals surface area (Å²) in [5.74, 6) is -0.372. The summed E-state index contributed by atoms with van der Waals surface area (Å²) in [6.07, 6.45) is 2.44. The quantitative estimate of drug-likeness (QED) is 0.467. The molecular formula is C15H18O3. The molecule has 0 radical (unpaired) electrons. The molecule has 0 saturated heterocycles. The van der Waals surface area contributed by atoms with Crippen LogP contribution in [0.15, 0.2) is 29.8 Å². The summed E-state index contributed by atoms with van der Waals surface area (Å²) in [6, 6.07) is 7.10. The molecule has 0 heterocycles. The van der Waals surface area contributed by atoms with Crippen molar-refractivity contribution in [2.45, 2.75) is 33.3 Å². The van der Waals surface area contributed by atoms with Crippen molar-refractivity contribution in [3.63, 3.8) is 0 Å². The highest BCUT2D eigenvalue weighted by atomic mass is 16.6. The van der Waals surface area contributed by atoms with E-state index in [0.29, 0.717) is 11.1 Å². The first-order valence-corrected chi connectivity index (χ1v) is 5.79. The maximum atomic E-state index is 11.8. The molecule has 0 aromatic heterocycles. The normalized spacial score (nSPS) is 12.1. The third-order valence-electron chi connectivity index (χ3n) is 2.22. The summed E-state index contributed by atoms with van der Waals surface area (Å²) in [7, 11) is 0. The molecule has 0 saturated carbocycles. The molecule has 0 atom stereocenters. The Morgan fingerprint density at radius 3 is 2.22 bits per heavy atom. The molecule has 1 rings (SSSR count). The van der Waals surface area contributed by atoms with Crippen LogP contribution in [0, 0.1) is 0 Å². The highest BCUT2D eigenvalue weighted by molar-refractivity contribution is 5.95. The number of benzene rings is 1. The van der Waals surface area contributed by atoms with Gasteiger partial charge in [0.1, 0.15) is 5.60 Å². The number of hydrogen-bond acceptors (Lipinski definition) is 3. The first-order valence-electron chi connectivity index (χ1n) is 5.79. The van der Waals surface area contributed by atoms with Crippen LogP contribution in [-0.2, 0) is 9.53 Å². The van der Waals surface area contributed by atoms with Gasteiger partial charge in [0.25, 0.3) is 0 Å². The number of aldehydes is 1. The maximum Gasteiger partial charge on any atom is 0.334 e. The van der Waals surface area contributed by atoms with Crippen molar-refractivity contribution in [1.29, 1.82) is 0 Å². The van der Waals surface area contributed by atoms with Gasteiger partial charge in [0.15, 0.2) is 6.29 Å². The van der Waals surface area contributed by atoms with E-state index in [9.17, 15) is 9.59 Å². The fraction of sp³-hybridized carbons (Fsp3) is 0.333. The maximum absolute atomic E-state index is 11.8. The van der Waals surface area contributed by atoms with Gasteiger partial charge in [-0.1, -0.05) is 24.3 Å². The van der Waals surface area contributed by atoms with Gasteiger partial charge in [0.2, 0.25) is 0 Å². The van der Waals surface area contributed by atoms with Crippen LogP contribution in [0.25, 0.3) is 6.08 Å². The predicted molar refractivity (Wildman–Crippen MR) is 71.3 cm³/mol. The first-order chi connectivity index (χ1) is 8.33. The lowest BCUT2D eigenvalue weighted by Gasteiger charge is -2.19. The zero-order valence-corrected chi connectivity index (χ0v) is 11.2. The number of esters is 1. The second-order valence-corrected chi connectivity index (χ2v) is 5.08. The van der Waals surface area contributed by atoms with Gasteiger partial charge in [0, 0.05) is 11.1 Å². The van der Waals surface area contributed by atoms with E-state index in [-0.39, 0.29) is 5.97 Å². The minimum Gasteiger partial charge on any atom is -0.457 e. The fourth-order valence-electron chi connectivity index (χ4n) is 1.40. The number of hydrogen-bond donors (Lipinski definition) is 0. The lowest BCUT2D eigenvalue weighted by molar-refractivity contribution is -0.149. The molecule has 0 aliphatic rings. The van der Waals surface area contributed by atoms with E-state index in [0.717, 1.165) is 11.8 Å². The van der Waals surface area contributed by atoms with Crippen LogP contribution >= 0.6 is 0 Å². The Labute approximate surface area is 107 Å². The van der Waals surface area contributed by atoms with Gasteiger partial charge in [-0.3, -0.25) is 4.79 Å². The van der Waals surface area contributed by atoms with Gasteiger partial charge in [0.05, 0.1) is 0 Å². The van der Waals surface area contributed by atoms with Crippen LogP contribution in [0.1, 0.15) is 43.6 Å². The van der Waals surface area contributed by atoms with Crippen molar-refractivity contribution in [3.05, 3.63) is 41.0 Å². The molecule has 3 nitrogen and oxygen atoms in total. The van der Waals surface area contributed by atoms with E-state index in [1.165, 1.54) is 0 Å². The lowest BCUT2D eigenvalue weighted by atomic mass is 10.1. The lowest BCUT2D eigenvalue weighted by Crippen LogP contribution is -2.24. The standard InChI is InChI=1S/C15H18O3/c1-11(14(17)18-15(2,3)4)9-12-7-5-6-8-13(12)10-16/h5-10H,1-4H3/b11-9+. The molecule has 96 valence electrons. The topological polar surface area (TPSA) is 43.4 Å². The molecular weight excluding hydrogens is 228 g/mol. The van der Waals surface area contributed by atoms with Crippen LogP contribution in [0.5, 0.6) is 0 Å². The zero-order chi connectivity index (χ0) is 13.8. The van der Waals surface area contributed by atoms with Crippen LogP contribution in [-0.4, -0.2) is 17.9 Å². The average Bonchev–Trinajstić information content (AvgIpc) is 2.27. The minimum absolute atomic E-state index is 0.372. The molecule has 0 aliphatic carbocycles. The first kappa shape index (κ1) is 14.2. The molecule has 0 unspecified atom stereocenters. The van der Waals surface area contributed by atoms with Gasteiger partial charge < -0.3 is 4.74 Å². The third kappa shape index (κ3) is 4.17. The molecule has 0 fully saturated rings. The van der Waals surface area contributed by atoms with Gasteiger partial charge >= 0.3 is 5.97 Å². The van der Waals surface area contributed by atoms with E-state index in [4.69, 9.17) is 4.74 Å². The summed E-state index contributed by atoms with van der Waals surface area (Å²) in [5.41, 5.74) is 1.23. The van der Waals surface area contributed by atoms with Gasteiger partial charge in [-0.15, -0.1) is 0 Å². The van der Waals surface area contributed by atoms with Crippen molar-refractivity contribution >= 4 is 18.3 Å². The Balaban J connectivity index is 2.95. The fourth-order valence-corrected chi connectivity index (χ4v) is 1.40. The summed E-state index contributed by atoms with van der Waals surface area (Å²) < 4.78 is 5.25. The molecule has 0 amide bonds. The Kier molecular flexibility index (Phi) is 4.43. The van der Waals surface area contributed by atoms with Crippen LogP contribution in [0.4, 0.5) is 0 Å². The molecule has 18 heavy (non-hydrogen) atoms. The molecule has 1 aromatic rings. The molecule has 0 spiro atoms. The number of carbonyl (C=O) groups is 2. The SMILES string of the molecule is C/C(=C\c1ccccc1C=O)C(=O)OC(C)(C)C. The Hall–Kier alpha value is -1.90. The second-order valence-electron chi connectivity index (χ2n) is 5.08. The Bertz CT molecular complexity index is 479. The van der Waals surface area contributed by atoms with Crippen LogP contribution in [0.2, 0.25) is 0 Å². The Morgan fingerprint density at radius 1 is 1.17 bits per heavy atom.